The molecule has 0 spiro atoms. The maximum atomic E-state index is 5.31. The summed E-state index contributed by atoms with van der Waals surface area (Å²) in [7, 11) is 2.08. The van der Waals surface area contributed by atoms with Crippen LogP contribution in [0.25, 0.3) is 0 Å². The van der Waals surface area contributed by atoms with Crippen LogP contribution >= 0.6 is 28.1 Å². The summed E-state index contributed by atoms with van der Waals surface area (Å²) >= 11 is 8.75. The van der Waals surface area contributed by atoms with Crippen molar-refractivity contribution in [2.45, 2.75) is 6.92 Å². The van der Waals surface area contributed by atoms with Gasteiger partial charge in [-0.2, -0.15) is 0 Å². The Labute approximate surface area is 145 Å². The molecule has 0 unspecified atom stereocenters. The van der Waals surface area contributed by atoms with E-state index in [1.165, 1.54) is 11.3 Å². The molecular weight excluding hydrogens is 358 g/mol. The van der Waals surface area contributed by atoms with Crippen LogP contribution in [-0.4, -0.2) is 25.2 Å². The number of hydrogen-bond acceptors (Lipinski definition) is 2. The van der Waals surface area contributed by atoms with Gasteiger partial charge < -0.3 is 15.5 Å². The van der Waals surface area contributed by atoms with Crippen LogP contribution in [0.15, 0.2) is 53.0 Å². The lowest BCUT2D eigenvalue weighted by Gasteiger charge is -2.20. The van der Waals surface area contributed by atoms with Crippen LogP contribution in [0.5, 0.6) is 0 Å². The van der Waals surface area contributed by atoms with Crippen molar-refractivity contribution in [3.63, 3.8) is 0 Å². The number of likely N-dealkylation sites (N-methyl/N-ethyl adjacent to an activating group) is 1. The lowest BCUT2D eigenvalue weighted by Crippen LogP contribution is -2.35. The first-order valence-corrected chi connectivity index (χ1v) is 8.33. The average Bonchev–Trinajstić information content (AvgIpc) is 2.47. The fourth-order valence-electron chi connectivity index (χ4n) is 2.01. The number of anilines is 2. The van der Waals surface area contributed by atoms with Crippen LogP contribution in [0.2, 0.25) is 0 Å². The fraction of sp³-hybridized carbons (Fsp3) is 0.235. The van der Waals surface area contributed by atoms with Crippen molar-refractivity contribution in [1.82, 2.24) is 5.32 Å². The molecule has 0 aromatic heterocycles. The van der Waals surface area contributed by atoms with Gasteiger partial charge in [-0.1, -0.05) is 39.7 Å². The molecule has 0 aliphatic heterocycles. The first-order chi connectivity index (χ1) is 10.5. The smallest absolute Gasteiger partial charge is 0.170 e. The molecule has 0 fully saturated rings. The van der Waals surface area contributed by atoms with E-state index in [2.05, 4.69) is 69.7 Å². The standard InChI is InChI=1S/C17H20BrN3S/c1-13-6-8-16(9-7-13)21(2)11-10-19-17(22)20-15-5-3-4-14(18)12-15/h3-9,12H,10-11H2,1-2H3,(H2,19,20,22). The lowest BCUT2D eigenvalue weighted by atomic mass is 10.2. The summed E-state index contributed by atoms with van der Waals surface area (Å²) in [5.41, 5.74) is 3.45. The largest absolute Gasteiger partial charge is 0.373 e. The Bertz CT molecular complexity index is 628. The van der Waals surface area contributed by atoms with Gasteiger partial charge in [0.05, 0.1) is 0 Å². The van der Waals surface area contributed by atoms with Crippen molar-refractivity contribution in [1.29, 1.82) is 0 Å². The molecule has 2 aromatic carbocycles. The van der Waals surface area contributed by atoms with Crippen molar-refractivity contribution in [3.05, 3.63) is 58.6 Å². The van der Waals surface area contributed by atoms with Crippen LogP contribution in [0, 0.1) is 6.92 Å². The molecule has 0 aliphatic carbocycles. The number of halogens is 1. The van der Waals surface area contributed by atoms with E-state index in [4.69, 9.17) is 12.2 Å². The Kier molecular flexibility index (Phi) is 6.21. The van der Waals surface area contributed by atoms with Gasteiger partial charge in [-0.25, -0.2) is 0 Å². The highest BCUT2D eigenvalue weighted by atomic mass is 79.9. The molecule has 116 valence electrons. The van der Waals surface area contributed by atoms with E-state index < -0.39 is 0 Å². The third kappa shape index (κ3) is 5.31. The highest BCUT2D eigenvalue weighted by Crippen LogP contribution is 2.15. The van der Waals surface area contributed by atoms with Crippen LogP contribution in [-0.2, 0) is 0 Å². The van der Waals surface area contributed by atoms with E-state index in [0.717, 1.165) is 23.2 Å². The highest BCUT2D eigenvalue weighted by molar-refractivity contribution is 9.10. The highest BCUT2D eigenvalue weighted by Gasteiger charge is 2.02. The Balaban J connectivity index is 1.76. The first-order valence-electron chi connectivity index (χ1n) is 7.13. The summed E-state index contributed by atoms with van der Waals surface area (Å²) < 4.78 is 1.03. The van der Waals surface area contributed by atoms with Gasteiger partial charge in [0, 0.05) is 36.0 Å². The van der Waals surface area contributed by atoms with E-state index >= 15 is 0 Å². The molecule has 5 heteroatoms. The molecule has 0 aliphatic rings. The minimum absolute atomic E-state index is 0.635. The summed E-state index contributed by atoms with van der Waals surface area (Å²) in [6, 6.07) is 16.4. The molecule has 0 bridgehead atoms. The van der Waals surface area contributed by atoms with Gasteiger partial charge in [-0.3, -0.25) is 0 Å². The zero-order chi connectivity index (χ0) is 15.9. The van der Waals surface area contributed by atoms with E-state index in [0.29, 0.717) is 5.11 Å². The SMILES string of the molecule is Cc1ccc(N(C)CCNC(=S)Nc2cccc(Br)c2)cc1. The molecule has 0 saturated carbocycles. The summed E-state index contributed by atoms with van der Waals surface area (Å²) in [5, 5.41) is 7.04. The van der Waals surface area contributed by atoms with Crippen LogP contribution in [0.4, 0.5) is 11.4 Å². The van der Waals surface area contributed by atoms with Gasteiger partial charge in [-0.05, 0) is 49.5 Å². The number of aryl methyl sites for hydroxylation is 1. The van der Waals surface area contributed by atoms with Crippen molar-refractivity contribution >= 4 is 44.6 Å². The molecule has 2 N–H and O–H groups in total. The second kappa shape index (κ2) is 8.15. The Morgan fingerprint density at radius 2 is 1.91 bits per heavy atom. The van der Waals surface area contributed by atoms with Crippen molar-refractivity contribution < 1.29 is 0 Å². The molecule has 0 atom stereocenters. The molecule has 2 aromatic rings. The van der Waals surface area contributed by atoms with Gasteiger partial charge in [0.15, 0.2) is 5.11 Å². The zero-order valence-corrected chi connectivity index (χ0v) is 15.2. The Morgan fingerprint density at radius 1 is 1.18 bits per heavy atom. The molecule has 22 heavy (non-hydrogen) atoms. The molecule has 0 saturated heterocycles. The maximum Gasteiger partial charge on any atom is 0.170 e. The molecule has 2 rings (SSSR count). The van der Waals surface area contributed by atoms with Gasteiger partial charge in [0.2, 0.25) is 0 Å². The molecule has 0 radical (unpaired) electrons. The topological polar surface area (TPSA) is 27.3 Å². The minimum atomic E-state index is 0.635. The van der Waals surface area contributed by atoms with Crippen LogP contribution in [0.3, 0.4) is 0 Å². The van der Waals surface area contributed by atoms with Gasteiger partial charge >= 0.3 is 0 Å². The van der Waals surface area contributed by atoms with E-state index in [-0.39, 0.29) is 0 Å². The van der Waals surface area contributed by atoms with Gasteiger partial charge in [0.1, 0.15) is 0 Å². The van der Waals surface area contributed by atoms with E-state index in [9.17, 15) is 0 Å². The zero-order valence-electron chi connectivity index (χ0n) is 12.8. The number of nitrogens with zero attached hydrogens (tertiary/aromatic N) is 1. The Morgan fingerprint density at radius 3 is 2.59 bits per heavy atom. The third-order valence-corrected chi connectivity index (χ3v) is 4.03. The van der Waals surface area contributed by atoms with Gasteiger partial charge in [0.25, 0.3) is 0 Å². The number of benzene rings is 2. The normalized spacial score (nSPS) is 10.1. The third-order valence-electron chi connectivity index (χ3n) is 3.29. The number of nitrogens with one attached hydrogen (secondary N) is 2. The maximum absolute atomic E-state index is 5.31. The second-order valence-corrected chi connectivity index (χ2v) is 6.47. The van der Waals surface area contributed by atoms with Crippen molar-refractivity contribution in [2.75, 3.05) is 30.4 Å². The van der Waals surface area contributed by atoms with Crippen molar-refractivity contribution in [2.24, 2.45) is 0 Å². The first kappa shape index (κ1) is 16.8. The molecular formula is C17H20BrN3S. The predicted octanol–water partition coefficient (Wildman–Crippen LogP) is 4.18. The number of hydrogen-bond donors (Lipinski definition) is 2. The summed E-state index contributed by atoms with van der Waals surface area (Å²) in [6.45, 7) is 3.75. The summed E-state index contributed by atoms with van der Waals surface area (Å²) in [4.78, 5) is 2.20. The summed E-state index contributed by atoms with van der Waals surface area (Å²) in [6.07, 6.45) is 0. The van der Waals surface area contributed by atoms with Crippen LogP contribution in [0.1, 0.15) is 5.56 Å². The van der Waals surface area contributed by atoms with Crippen LogP contribution < -0.4 is 15.5 Å². The fourth-order valence-corrected chi connectivity index (χ4v) is 2.63. The molecule has 0 heterocycles. The van der Waals surface area contributed by atoms with Crippen molar-refractivity contribution in [3.8, 4) is 0 Å². The predicted molar refractivity (Wildman–Crippen MR) is 103 cm³/mol. The van der Waals surface area contributed by atoms with E-state index in [1.807, 2.05) is 24.3 Å². The molecule has 3 nitrogen and oxygen atoms in total. The molecule has 0 amide bonds. The number of thiocarbonyl (C=S) groups is 1. The van der Waals surface area contributed by atoms with E-state index in [1.54, 1.807) is 0 Å². The number of rotatable bonds is 5. The quantitative estimate of drug-likeness (QED) is 0.764. The average molecular weight is 378 g/mol. The second-order valence-electron chi connectivity index (χ2n) is 5.15. The lowest BCUT2D eigenvalue weighted by molar-refractivity contribution is 0.827. The van der Waals surface area contributed by atoms with Gasteiger partial charge in [-0.15, -0.1) is 0 Å². The monoisotopic (exact) mass is 377 g/mol. The Hall–Kier alpha value is -1.59. The summed E-state index contributed by atoms with van der Waals surface area (Å²) in [5.74, 6) is 0. The minimum Gasteiger partial charge on any atom is -0.373 e.